The third-order valence-corrected chi connectivity index (χ3v) is 7.10. The fraction of sp³-hybridized carbons (Fsp3) is 0.0571. The van der Waals surface area contributed by atoms with Crippen molar-refractivity contribution in [2.45, 2.75) is 13.8 Å². The molecule has 0 heterocycles. The van der Waals surface area contributed by atoms with E-state index in [1.165, 1.54) is 10.5 Å². The van der Waals surface area contributed by atoms with Gasteiger partial charge < -0.3 is 16.8 Å². The number of hydrogen-bond acceptors (Lipinski definition) is 6. The van der Waals surface area contributed by atoms with Crippen LogP contribution < -0.4 is 16.8 Å². The number of benzene rings is 5. The second-order valence-electron chi connectivity index (χ2n) is 9.16. The molecule has 0 saturated carbocycles. The fourth-order valence-electron chi connectivity index (χ4n) is 3.51. The largest absolute Gasteiger partial charge is 0.398 e. The van der Waals surface area contributed by atoms with E-state index in [9.17, 15) is 9.59 Å². The molecule has 0 unspecified atom stereocenters. The van der Waals surface area contributed by atoms with Crippen LogP contribution in [0.3, 0.4) is 0 Å². The van der Waals surface area contributed by atoms with Gasteiger partial charge in [-0.3, -0.25) is 9.59 Å². The van der Waals surface area contributed by atoms with E-state index < -0.39 is 0 Å². The molecule has 230 valence electrons. The molecule has 0 bridgehead atoms. The number of Topliss-reactive ketones (excluding diaryl/α,β-unsaturated/α-hetero) is 2. The number of anilines is 4. The van der Waals surface area contributed by atoms with E-state index in [2.05, 4.69) is 40.0 Å². The van der Waals surface area contributed by atoms with Crippen LogP contribution in [0.15, 0.2) is 115 Å². The van der Waals surface area contributed by atoms with Crippen molar-refractivity contribution in [3.8, 4) is 6.07 Å². The molecular weight excluding hydrogens is 742 g/mol. The first-order valence-electron chi connectivity index (χ1n) is 13.3. The smallest absolute Gasteiger partial charge is 0.161 e. The van der Waals surface area contributed by atoms with Gasteiger partial charge in [0.1, 0.15) is 6.07 Å². The predicted octanol–water partition coefficient (Wildman–Crippen LogP) is 10.5. The third kappa shape index (κ3) is 13.6. The van der Waals surface area contributed by atoms with Crippen LogP contribution in [-0.2, 0) is 0 Å². The van der Waals surface area contributed by atoms with Crippen LogP contribution in [-0.4, -0.2) is 11.6 Å². The van der Waals surface area contributed by atoms with Gasteiger partial charge in [-0.2, -0.15) is 5.26 Å². The maximum Gasteiger partial charge on any atom is 0.161 e. The number of nitrogens with one attached hydrogen (secondary N) is 1. The average Bonchev–Trinajstić information content (AvgIpc) is 2.99. The van der Waals surface area contributed by atoms with Crippen LogP contribution in [0.1, 0.15) is 40.1 Å². The summed E-state index contributed by atoms with van der Waals surface area (Å²) >= 11 is 19.4. The number of rotatable bonds is 4. The van der Waals surface area contributed by atoms with Crippen LogP contribution in [0.4, 0.5) is 22.7 Å². The summed E-state index contributed by atoms with van der Waals surface area (Å²) in [5.74, 6) is -0.0285. The van der Waals surface area contributed by atoms with Gasteiger partial charge >= 0.3 is 0 Å². The second kappa shape index (κ2) is 19.3. The highest BCUT2D eigenvalue weighted by molar-refractivity contribution is 14.1. The van der Waals surface area contributed by atoms with Crippen molar-refractivity contribution in [2.24, 2.45) is 0 Å². The predicted molar refractivity (Wildman–Crippen MR) is 197 cm³/mol. The van der Waals surface area contributed by atoms with Gasteiger partial charge in [-0.25, -0.2) is 0 Å². The van der Waals surface area contributed by atoms with Crippen LogP contribution in [0.25, 0.3) is 0 Å². The minimum atomic E-state index is -0.0424. The van der Waals surface area contributed by atoms with Crippen LogP contribution in [0, 0.1) is 14.9 Å². The normalized spacial score (nSPS) is 9.44. The van der Waals surface area contributed by atoms with Crippen molar-refractivity contribution in [3.63, 3.8) is 0 Å². The molecule has 0 aliphatic carbocycles. The van der Waals surface area contributed by atoms with Gasteiger partial charge in [-0.05, 0) is 115 Å². The van der Waals surface area contributed by atoms with Crippen molar-refractivity contribution in [1.82, 2.24) is 0 Å². The lowest BCUT2D eigenvalue weighted by molar-refractivity contribution is 0.101. The van der Waals surface area contributed by atoms with E-state index in [1.54, 1.807) is 61.5 Å². The molecule has 0 aromatic heterocycles. The zero-order valence-electron chi connectivity index (χ0n) is 24.4. The first-order valence-corrected chi connectivity index (χ1v) is 15.5. The Morgan fingerprint density at radius 1 is 0.667 bits per heavy atom. The molecule has 0 spiro atoms. The van der Waals surface area contributed by atoms with E-state index in [-0.39, 0.29) is 11.6 Å². The lowest BCUT2D eigenvalue weighted by Gasteiger charge is -2.10. The van der Waals surface area contributed by atoms with Gasteiger partial charge in [0, 0.05) is 41.1 Å². The Morgan fingerprint density at radius 3 is 1.58 bits per heavy atom. The number of ketones is 2. The van der Waals surface area contributed by atoms with Crippen molar-refractivity contribution >= 4 is 91.7 Å². The molecule has 5 N–H and O–H groups in total. The number of hydrogen-bond donors (Lipinski definition) is 3. The molecule has 0 saturated heterocycles. The molecule has 5 aromatic rings. The Balaban J connectivity index is 0.000000220. The summed E-state index contributed by atoms with van der Waals surface area (Å²) in [4.78, 5) is 22.3. The Hall–Kier alpha value is -4.07. The molecule has 5 rings (SSSR count). The molecule has 10 heteroatoms. The minimum Gasteiger partial charge on any atom is -0.398 e. The number of carbonyl (C=O) groups is 2. The van der Waals surface area contributed by atoms with Gasteiger partial charge in [0.05, 0.1) is 16.9 Å². The summed E-state index contributed by atoms with van der Waals surface area (Å²) in [5, 5.41) is 13.3. The second-order valence-corrected chi connectivity index (χ2v) is 11.7. The number of para-hydroxylation sites is 1. The van der Waals surface area contributed by atoms with Gasteiger partial charge in [-0.1, -0.05) is 71.2 Å². The van der Waals surface area contributed by atoms with Gasteiger partial charge in [0.15, 0.2) is 11.6 Å². The Labute approximate surface area is 292 Å². The summed E-state index contributed by atoms with van der Waals surface area (Å²) in [6.07, 6.45) is 0. The highest BCUT2D eigenvalue weighted by atomic mass is 127. The van der Waals surface area contributed by atoms with Crippen molar-refractivity contribution in [1.29, 1.82) is 5.26 Å². The topological polar surface area (TPSA) is 122 Å². The van der Waals surface area contributed by atoms with Crippen LogP contribution in [0.2, 0.25) is 15.1 Å². The molecule has 0 aliphatic rings. The number of nitrogen functional groups attached to an aromatic ring is 2. The maximum absolute atomic E-state index is 11.5. The molecule has 0 aliphatic heterocycles. The SMILES string of the molecule is CC(=O)c1ccc(Cl)cc1N.CC(=O)c1ccc(Cl)cc1Nc1ccccc1.Ic1ccccc1.N#Cc1ccc(Cl)cc1N. The van der Waals surface area contributed by atoms with Crippen molar-refractivity contribution in [3.05, 3.63) is 151 Å². The summed E-state index contributed by atoms with van der Waals surface area (Å²) < 4.78 is 1.29. The average molecular weight is 772 g/mol. The highest BCUT2D eigenvalue weighted by Crippen LogP contribution is 2.25. The summed E-state index contributed by atoms with van der Waals surface area (Å²) in [6.45, 7) is 3.01. The zero-order chi connectivity index (χ0) is 33.4. The third-order valence-electron chi connectivity index (χ3n) is 5.67. The first-order chi connectivity index (χ1) is 21.4. The summed E-state index contributed by atoms with van der Waals surface area (Å²) in [5.41, 5.74) is 15.1. The molecule has 0 atom stereocenters. The number of carbonyl (C=O) groups excluding carboxylic acids is 2. The Bertz CT molecular complexity index is 1760. The van der Waals surface area contributed by atoms with Gasteiger partial charge in [-0.15, -0.1) is 0 Å². The van der Waals surface area contributed by atoms with E-state index in [4.69, 9.17) is 51.5 Å². The lowest BCUT2D eigenvalue weighted by atomic mass is 10.1. The fourth-order valence-corrected chi connectivity index (χ4v) is 4.46. The van der Waals surface area contributed by atoms with E-state index in [0.29, 0.717) is 43.1 Å². The Kier molecular flexibility index (Phi) is 16.0. The standard InChI is InChI=1S/C14H12ClNO.C8H8ClNO.C7H5ClN2.C6H5I/c1-10(17)13-8-7-11(15)9-14(13)16-12-5-3-2-4-6-12;1-5(11)7-3-2-6(9)4-8(7)10;8-6-2-1-5(4-9)7(10)3-6;7-6-4-2-1-3-5-6/h2-9,16H,1H3;2-4H,10H2,1H3;1-3H,10H2;1-5H. The number of nitrogens with two attached hydrogens (primary N) is 2. The van der Waals surface area contributed by atoms with Gasteiger partial charge in [0.2, 0.25) is 0 Å². The molecule has 6 nitrogen and oxygen atoms in total. The summed E-state index contributed by atoms with van der Waals surface area (Å²) in [7, 11) is 0. The monoisotopic (exact) mass is 770 g/mol. The van der Waals surface area contributed by atoms with E-state index >= 15 is 0 Å². The maximum atomic E-state index is 11.5. The van der Waals surface area contributed by atoms with Crippen LogP contribution >= 0.6 is 57.4 Å². The first kappa shape index (κ1) is 37.1. The molecule has 5 aromatic carbocycles. The van der Waals surface area contributed by atoms with Crippen molar-refractivity contribution < 1.29 is 9.59 Å². The van der Waals surface area contributed by atoms with Crippen LogP contribution in [0.5, 0.6) is 0 Å². The zero-order valence-corrected chi connectivity index (χ0v) is 28.8. The molecule has 45 heavy (non-hydrogen) atoms. The minimum absolute atomic E-state index is 0.0140. The van der Waals surface area contributed by atoms with Crippen molar-refractivity contribution in [2.75, 3.05) is 16.8 Å². The van der Waals surface area contributed by atoms with E-state index in [0.717, 1.165) is 11.4 Å². The lowest BCUT2D eigenvalue weighted by Crippen LogP contribution is -2.00. The number of nitriles is 1. The highest BCUT2D eigenvalue weighted by Gasteiger charge is 2.08. The van der Waals surface area contributed by atoms with Gasteiger partial charge in [0.25, 0.3) is 0 Å². The molecule has 0 fully saturated rings. The number of nitrogens with zero attached hydrogens (tertiary/aromatic N) is 1. The molecule has 0 radical (unpaired) electrons. The quantitative estimate of drug-likeness (QED) is 0.0950. The Morgan fingerprint density at radius 2 is 1.13 bits per heavy atom. The summed E-state index contributed by atoms with van der Waals surface area (Å²) in [6, 6.07) is 36.7. The number of halogens is 4. The molecule has 0 amide bonds. The molecular formula is C35H30Cl3IN4O2. The van der Waals surface area contributed by atoms with E-state index in [1.807, 2.05) is 54.6 Å².